The highest BCUT2D eigenvalue weighted by atomic mass is 15.5. The zero-order chi connectivity index (χ0) is 34.8. The highest BCUT2D eigenvalue weighted by molar-refractivity contribution is 5.02. The number of rotatable bonds is 14. The third-order valence-corrected chi connectivity index (χ3v) is 9.35. The van der Waals surface area contributed by atoms with Gasteiger partial charge in [-0.05, 0) is 67.2 Å². The lowest BCUT2D eigenvalue weighted by atomic mass is 9.72. The maximum Gasteiger partial charge on any atom is 0.138 e. The van der Waals surface area contributed by atoms with Crippen LogP contribution in [0.2, 0.25) is 0 Å². The molecule has 2 saturated heterocycles. The SMILES string of the molecule is C=C(CC1CC[N+](C)(CN(C)C[N+]2(C)CCC(CC(=C)CC(C)(C)CC(C)(C)C)C2)C1)CC(C)(C)CC(C)(C)C.CC.CC. The van der Waals surface area contributed by atoms with Gasteiger partial charge in [0.25, 0.3) is 0 Å². The van der Waals surface area contributed by atoms with E-state index in [9.17, 15) is 0 Å². The normalized spacial score (nSPS) is 26.1. The fraction of sp³-hybridized carbons (Fsp3) is 0.902. The molecular formula is C41H85N3+2. The lowest BCUT2D eigenvalue weighted by Gasteiger charge is -2.38. The molecule has 0 aliphatic carbocycles. The van der Waals surface area contributed by atoms with Crippen molar-refractivity contribution in [3.63, 3.8) is 0 Å². The van der Waals surface area contributed by atoms with Gasteiger partial charge in [0.15, 0.2) is 0 Å². The number of allylic oxidation sites excluding steroid dienone is 2. The van der Waals surface area contributed by atoms with Crippen LogP contribution >= 0.6 is 0 Å². The topological polar surface area (TPSA) is 3.24 Å². The first kappa shape index (κ1) is 43.4. The van der Waals surface area contributed by atoms with E-state index in [1.807, 2.05) is 27.7 Å². The van der Waals surface area contributed by atoms with Crippen LogP contribution in [0.15, 0.2) is 24.3 Å². The molecule has 0 aromatic carbocycles. The van der Waals surface area contributed by atoms with E-state index < -0.39 is 0 Å². The van der Waals surface area contributed by atoms with Crippen molar-refractivity contribution >= 4 is 0 Å². The molecule has 4 atom stereocenters. The summed E-state index contributed by atoms with van der Waals surface area (Å²) in [7, 11) is 7.37. The van der Waals surface area contributed by atoms with Crippen LogP contribution in [0, 0.1) is 33.5 Å². The van der Waals surface area contributed by atoms with Crippen LogP contribution in [0.4, 0.5) is 0 Å². The molecule has 0 amide bonds. The first-order valence-corrected chi connectivity index (χ1v) is 18.6. The number of nitrogens with zero attached hydrogens (tertiary/aromatic N) is 3. The lowest BCUT2D eigenvalue weighted by Crippen LogP contribution is -2.55. The fourth-order valence-corrected chi connectivity index (χ4v) is 9.71. The largest absolute Gasteiger partial charge is 0.313 e. The molecule has 2 rings (SSSR count). The molecule has 2 fully saturated rings. The third kappa shape index (κ3) is 17.9. The first-order valence-electron chi connectivity index (χ1n) is 18.6. The van der Waals surface area contributed by atoms with Gasteiger partial charge in [-0.1, -0.05) is 121 Å². The van der Waals surface area contributed by atoms with Gasteiger partial charge in [0.05, 0.1) is 40.3 Å². The molecule has 0 radical (unpaired) electrons. The van der Waals surface area contributed by atoms with Gasteiger partial charge in [-0.2, -0.15) is 0 Å². The molecule has 2 heterocycles. The van der Waals surface area contributed by atoms with Gasteiger partial charge in [-0.3, -0.25) is 0 Å². The molecule has 0 spiro atoms. The molecule has 3 heteroatoms. The van der Waals surface area contributed by atoms with Crippen molar-refractivity contribution in [1.29, 1.82) is 0 Å². The van der Waals surface area contributed by atoms with E-state index >= 15 is 0 Å². The summed E-state index contributed by atoms with van der Waals surface area (Å²) in [6, 6.07) is 0. The second-order valence-electron chi connectivity index (χ2n) is 19.6. The minimum atomic E-state index is 0.341. The lowest BCUT2D eigenvalue weighted by molar-refractivity contribution is -0.935. The molecule has 2 aliphatic rings. The number of hydrogen-bond donors (Lipinski definition) is 0. The molecule has 0 bridgehead atoms. The fourth-order valence-electron chi connectivity index (χ4n) is 9.71. The molecule has 0 aromatic rings. The van der Waals surface area contributed by atoms with Gasteiger partial charge in [0, 0.05) is 24.7 Å². The second-order valence-corrected chi connectivity index (χ2v) is 19.6. The summed E-state index contributed by atoms with van der Waals surface area (Å²) in [6.45, 7) is 48.6. The molecule has 4 unspecified atom stereocenters. The third-order valence-electron chi connectivity index (χ3n) is 9.35. The summed E-state index contributed by atoms with van der Waals surface area (Å²) in [6.07, 6.45) is 9.99. The average Bonchev–Trinajstić information content (AvgIpc) is 3.33. The average molecular weight is 620 g/mol. The van der Waals surface area contributed by atoms with Crippen molar-refractivity contribution in [2.75, 3.05) is 60.7 Å². The van der Waals surface area contributed by atoms with E-state index in [-0.39, 0.29) is 0 Å². The molecule has 44 heavy (non-hydrogen) atoms. The van der Waals surface area contributed by atoms with Crippen molar-refractivity contribution in [1.82, 2.24) is 4.90 Å². The Morgan fingerprint density at radius 2 is 0.909 bits per heavy atom. The summed E-state index contributed by atoms with van der Waals surface area (Å²) < 4.78 is 2.39. The van der Waals surface area contributed by atoms with Crippen LogP contribution in [0.5, 0.6) is 0 Å². The van der Waals surface area contributed by atoms with Crippen LogP contribution in [-0.4, -0.2) is 74.5 Å². The Balaban J connectivity index is 0.00000443. The standard InChI is InChI=1S/C37H73N3.2C2H6/c1-30(22-36(9,10)26-34(3,4)5)20-32-16-18-39(14,24-32)28-38(13)29-40(15)19-17-33(25-40)21-31(2)23-37(11,12)27-35(6,7)8;2*1-2/h32-33H,1-2,16-29H2,3-15H3;2*1-2H3/q+2;;. The Hall–Kier alpha value is -0.640. The summed E-state index contributed by atoms with van der Waals surface area (Å²) in [5, 5.41) is 0. The van der Waals surface area contributed by atoms with Gasteiger partial charge < -0.3 is 8.97 Å². The van der Waals surface area contributed by atoms with Crippen LogP contribution < -0.4 is 0 Å². The molecule has 262 valence electrons. The summed E-state index contributed by atoms with van der Waals surface area (Å²) in [5.41, 5.74) is 4.39. The van der Waals surface area contributed by atoms with Crippen LogP contribution in [0.1, 0.15) is 148 Å². The molecule has 2 aliphatic heterocycles. The van der Waals surface area contributed by atoms with E-state index in [4.69, 9.17) is 0 Å². The van der Waals surface area contributed by atoms with Crippen molar-refractivity contribution in [2.45, 2.75) is 148 Å². The van der Waals surface area contributed by atoms with Gasteiger partial charge in [-0.15, -0.1) is 0 Å². The second kappa shape index (κ2) is 17.5. The predicted molar refractivity (Wildman–Crippen MR) is 201 cm³/mol. The molecule has 3 nitrogen and oxygen atoms in total. The quantitative estimate of drug-likeness (QED) is 0.138. The Bertz CT molecular complexity index is 784. The smallest absolute Gasteiger partial charge is 0.138 e. The number of quaternary nitrogens is 2. The van der Waals surface area contributed by atoms with Gasteiger partial charge >= 0.3 is 0 Å². The highest BCUT2D eigenvalue weighted by Crippen LogP contribution is 2.41. The van der Waals surface area contributed by atoms with Gasteiger partial charge in [0.2, 0.25) is 0 Å². The minimum absolute atomic E-state index is 0.341. The summed E-state index contributed by atoms with van der Waals surface area (Å²) >= 11 is 0. The molecule has 0 N–H and O–H groups in total. The zero-order valence-corrected chi connectivity index (χ0v) is 33.8. The Labute approximate surface area is 280 Å². The van der Waals surface area contributed by atoms with Crippen LogP contribution in [-0.2, 0) is 0 Å². The van der Waals surface area contributed by atoms with Gasteiger partial charge in [-0.25, -0.2) is 4.90 Å². The highest BCUT2D eigenvalue weighted by Gasteiger charge is 2.40. The predicted octanol–water partition coefficient (Wildman–Crippen LogP) is 11.4. The Morgan fingerprint density at radius 3 is 1.18 bits per heavy atom. The van der Waals surface area contributed by atoms with E-state index in [0.717, 1.165) is 11.8 Å². The van der Waals surface area contributed by atoms with Gasteiger partial charge in [0.1, 0.15) is 13.3 Å². The molecule has 0 aromatic heterocycles. The summed E-state index contributed by atoms with van der Waals surface area (Å²) in [5.74, 6) is 1.59. The number of hydrogen-bond acceptors (Lipinski definition) is 1. The first-order chi connectivity index (χ1) is 19.9. The zero-order valence-electron chi connectivity index (χ0n) is 33.8. The van der Waals surface area contributed by atoms with E-state index in [2.05, 4.69) is 108 Å². The van der Waals surface area contributed by atoms with Crippen LogP contribution in [0.25, 0.3) is 0 Å². The van der Waals surface area contributed by atoms with Crippen molar-refractivity contribution in [2.24, 2.45) is 33.5 Å². The Morgan fingerprint density at radius 1 is 0.614 bits per heavy atom. The Kier molecular flexibility index (Phi) is 17.2. The van der Waals surface area contributed by atoms with Crippen molar-refractivity contribution in [3.8, 4) is 0 Å². The monoisotopic (exact) mass is 620 g/mol. The van der Waals surface area contributed by atoms with E-state index in [1.54, 1.807) is 0 Å². The summed E-state index contributed by atoms with van der Waals surface area (Å²) in [4.78, 5) is 2.65. The van der Waals surface area contributed by atoms with Crippen LogP contribution in [0.3, 0.4) is 0 Å². The maximum absolute atomic E-state index is 4.56. The molecular weight excluding hydrogens is 534 g/mol. The molecule has 0 saturated carbocycles. The van der Waals surface area contributed by atoms with E-state index in [1.165, 1.54) is 111 Å². The maximum atomic E-state index is 4.56. The van der Waals surface area contributed by atoms with Crippen molar-refractivity contribution < 1.29 is 8.97 Å². The van der Waals surface area contributed by atoms with Crippen molar-refractivity contribution in [3.05, 3.63) is 24.3 Å². The van der Waals surface area contributed by atoms with E-state index in [0.29, 0.717) is 21.7 Å². The number of likely N-dealkylation sites (tertiary alicyclic amines) is 2. The minimum Gasteiger partial charge on any atom is -0.313 e.